The molecular formula is C23H20F3N3OS2. The maximum atomic E-state index is 14.5. The number of aryl methyl sites for hydroxylation is 1. The van der Waals surface area contributed by atoms with Gasteiger partial charge in [-0.2, -0.15) is 13.8 Å². The number of benzene rings is 2. The molecule has 2 heterocycles. The minimum absolute atomic E-state index is 0.0244. The number of para-hydroxylation sites is 2. The zero-order valence-electron chi connectivity index (χ0n) is 17.4. The van der Waals surface area contributed by atoms with E-state index in [1.165, 1.54) is 12.1 Å². The predicted octanol–water partition coefficient (Wildman–Crippen LogP) is 6.87. The molecule has 0 saturated heterocycles. The molecule has 0 aliphatic rings. The van der Waals surface area contributed by atoms with Crippen molar-refractivity contribution in [2.45, 2.75) is 35.7 Å². The molecule has 0 bridgehead atoms. The number of nitrogens with zero attached hydrogens (tertiary/aromatic N) is 2. The van der Waals surface area contributed by atoms with Gasteiger partial charge in [-0.05, 0) is 66.6 Å². The van der Waals surface area contributed by atoms with E-state index >= 15 is 0 Å². The lowest BCUT2D eigenvalue weighted by molar-refractivity contribution is -0.0929. The van der Waals surface area contributed by atoms with Crippen LogP contribution in [0.5, 0.6) is 6.01 Å². The Morgan fingerprint density at radius 2 is 1.78 bits per heavy atom. The summed E-state index contributed by atoms with van der Waals surface area (Å²) in [4.78, 5) is 12.1. The number of aromatic amines is 1. The van der Waals surface area contributed by atoms with Crippen LogP contribution in [0.25, 0.3) is 11.0 Å². The van der Waals surface area contributed by atoms with Gasteiger partial charge in [0.1, 0.15) is 5.82 Å². The molecule has 0 aliphatic carbocycles. The molecule has 0 aliphatic heterocycles. The first-order valence-electron chi connectivity index (χ1n) is 9.78. The third kappa shape index (κ3) is 5.39. The summed E-state index contributed by atoms with van der Waals surface area (Å²) in [6, 6.07) is 13.1. The second kappa shape index (κ2) is 9.46. The van der Waals surface area contributed by atoms with Gasteiger partial charge < -0.3 is 9.72 Å². The minimum Gasteiger partial charge on any atom is -0.391 e. The van der Waals surface area contributed by atoms with E-state index < -0.39 is 5.44 Å². The quantitative estimate of drug-likeness (QED) is 0.223. The van der Waals surface area contributed by atoms with E-state index in [0.29, 0.717) is 34.2 Å². The van der Waals surface area contributed by atoms with Gasteiger partial charge in [0.25, 0.3) is 6.01 Å². The van der Waals surface area contributed by atoms with Gasteiger partial charge in [-0.15, -0.1) is 11.8 Å². The summed E-state index contributed by atoms with van der Waals surface area (Å²) < 4.78 is 46.8. The van der Waals surface area contributed by atoms with Crippen molar-refractivity contribution in [1.82, 2.24) is 15.0 Å². The second-order valence-corrected chi connectivity index (χ2v) is 9.21. The molecule has 0 radical (unpaired) electrons. The molecule has 2 aromatic carbocycles. The third-order valence-corrected chi connectivity index (χ3v) is 7.03. The number of fused-ring (bicyclic) bond motifs is 1. The fourth-order valence-electron chi connectivity index (χ4n) is 3.13. The summed E-state index contributed by atoms with van der Waals surface area (Å²) >= 11 is 1.93. The fourth-order valence-corrected chi connectivity index (χ4v) is 4.98. The highest BCUT2D eigenvalue weighted by molar-refractivity contribution is 7.99. The number of hydrogen-bond donors (Lipinski definition) is 1. The number of hydrogen-bond acceptors (Lipinski definition) is 5. The first kappa shape index (κ1) is 22.5. The lowest BCUT2D eigenvalue weighted by Gasteiger charge is -2.17. The SMILES string of the molecule is Cc1cnc(CSC(F)(F)Oc2nc3ccccc3[nH]2)c(C)c1SCc1ccc(F)cc1. The molecule has 0 amide bonds. The van der Waals surface area contributed by atoms with Crippen molar-refractivity contribution in [1.29, 1.82) is 0 Å². The van der Waals surface area contributed by atoms with E-state index in [1.807, 2.05) is 13.8 Å². The number of thioether (sulfide) groups is 2. The van der Waals surface area contributed by atoms with Gasteiger partial charge in [0.15, 0.2) is 0 Å². The minimum atomic E-state index is -3.48. The number of nitrogens with one attached hydrogen (secondary N) is 1. The monoisotopic (exact) mass is 475 g/mol. The van der Waals surface area contributed by atoms with Crippen LogP contribution < -0.4 is 4.74 Å². The molecule has 4 aromatic rings. The van der Waals surface area contributed by atoms with E-state index in [1.54, 1.807) is 54.4 Å². The van der Waals surface area contributed by atoms with Gasteiger partial charge in [-0.1, -0.05) is 24.3 Å². The van der Waals surface area contributed by atoms with Crippen molar-refractivity contribution in [3.63, 3.8) is 0 Å². The maximum absolute atomic E-state index is 14.5. The molecule has 1 N–H and O–H groups in total. The van der Waals surface area contributed by atoms with E-state index in [2.05, 4.69) is 15.0 Å². The Morgan fingerprint density at radius 1 is 1.03 bits per heavy atom. The molecule has 32 heavy (non-hydrogen) atoms. The molecule has 0 atom stereocenters. The Kier molecular flexibility index (Phi) is 6.66. The van der Waals surface area contributed by atoms with Crippen LogP contribution in [0.3, 0.4) is 0 Å². The molecule has 0 unspecified atom stereocenters. The van der Waals surface area contributed by atoms with Crippen LogP contribution in [0.1, 0.15) is 22.4 Å². The van der Waals surface area contributed by atoms with Crippen molar-refractivity contribution in [3.8, 4) is 6.01 Å². The van der Waals surface area contributed by atoms with Crippen LogP contribution >= 0.6 is 23.5 Å². The molecule has 0 spiro atoms. The Labute approximate surface area is 192 Å². The summed E-state index contributed by atoms with van der Waals surface area (Å²) in [5.74, 6) is 0.341. The van der Waals surface area contributed by atoms with Crippen molar-refractivity contribution in [3.05, 3.63) is 82.9 Å². The van der Waals surface area contributed by atoms with Crippen molar-refractivity contribution >= 4 is 34.6 Å². The van der Waals surface area contributed by atoms with Gasteiger partial charge in [0.05, 0.1) is 16.7 Å². The third-order valence-electron chi connectivity index (χ3n) is 4.80. The van der Waals surface area contributed by atoms with Crippen LogP contribution in [0.15, 0.2) is 59.6 Å². The largest absolute Gasteiger partial charge is 0.455 e. The number of aromatic nitrogens is 3. The van der Waals surface area contributed by atoms with Gasteiger partial charge >= 0.3 is 5.44 Å². The average molecular weight is 476 g/mol. The number of ether oxygens (including phenoxy) is 1. The van der Waals surface area contributed by atoms with Crippen LogP contribution in [0.2, 0.25) is 0 Å². The van der Waals surface area contributed by atoms with Crippen molar-refractivity contribution in [2.75, 3.05) is 0 Å². The highest BCUT2D eigenvalue weighted by Gasteiger charge is 2.34. The topological polar surface area (TPSA) is 50.8 Å². The standard InChI is InChI=1S/C23H20F3N3OS2/c1-14-11-27-20(15(2)21(14)31-12-16-7-9-17(24)10-8-16)13-32-23(25,26)30-22-28-18-5-3-4-6-19(18)29-22/h3-11H,12-13H2,1-2H3,(H,28,29). The van der Waals surface area contributed by atoms with Gasteiger partial charge in [0.2, 0.25) is 0 Å². The number of rotatable bonds is 8. The molecule has 0 fully saturated rings. The predicted molar refractivity (Wildman–Crippen MR) is 123 cm³/mol. The van der Waals surface area contributed by atoms with E-state index in [4.69, 9.17) is 4.74 Å². The Morgan fingerprint density at radius 3 is 2.53 bits per heavy atom. The number of halogens is 3. The van der Waals surface area contributed by atoms with Gasteiger partial charge in [0, 0.05) is 22.6 Å². The molecule has 9 heteroatoms. The maximum Gasteiger partial charge on any atom is 0.455 e. The summed E-state index contributed by atoms with van der Waals surface area (Å²) in [6.07, 6.45) is 1.69. The zero-order valence-corrected chi connectivity index (χ0v) is 19.0. The number of pyridine rings is 1. The number of imidazole rings is 1. The fraction of sp³-hybridized carbons (Fsp3) is 0.217. The van der Waals surface area contributed by atoms with Crippen molar-refractivity contribution in [2.24, 2.45) is 0 Å². The molecule has 4 nitrogen and oxygen atoms in total. The van der Waals surface area contributed by atoms with Crippen LogP contribution in [-0.4, -0.2) is 20.4 Å². The number of alkyl halides is 2. The van der Waals surface area contributed by atoms with E-state index in [9.17, 15) is 13.2 Å². The second-order valence-electron chi connectivity index (χ2n) is 7.17. The number of H-pyrrole nitrogens is 1. The first-order chi connectivity index (χ1) is 15.3. The molecule has 166 valence electrons. The van der Waals surface area contributed by atoms with Crippen LogP contribution in [-0.2, 0) is 11.5 Å². The van der Waals surface area contributed by atoms with E-state index in [-0.39, 0.29) is 17.6 Å². The smallest absolute Gasteiger partial charge is 0.391 e. The normalized spacial score (nSPS) is 11.8. The summed E-state index contributed by atoms with van der Waals surface area (Å²) in [5.41, 5.74) is 1.07. The molecule has 0 saturated carbocycles. The Bertz CT molecular complexity index is 1200. The van der Waals surface area contributed by atoms with Gasteiger partial charge in [-0.3, -0.25) is 4.98 Å². The average Bonchev–Trinajstić information content (AvgIpc) is 3.16. The summed E-state index contributed by atoms with van der Waals surface area (Å²) in [6.45, 7) is 3.81. The van der Waals surface area contributed by atoms with Gasteiger partial charge in [-0.25, -0.2) is 4.39 Å². The molecular weight excluding hydrogens is 455 g/mol. The van der Waals surface area contributed by atoms with E-state index in [0.717, 1.165) is 21.6 Å². The van der Waals surface area contributed by atoms with Crippen molar-refractivity contribution < 1.29 is 17.9 Å². The lowest BCUT2D eigenvalue weighted by Crippen LogP contribution is -2.21. The summed E-state index contributed by atoms with van der Waals surface area (Å²) in [7, 11) is 0. The zero-order chi connectivity index (χ0) is 22.7. The lowest BCUT2D eigenvalue weighted by atomic mass is 10.2. The molecule has 4 rings (SSSR count). The Balaban J connectivity index is 1.42. The Hall–Kier alpha value is -2.65. The van der Waals surface area contributed by atoms with Crippen LogP contribution in [0.4, 0.5) is 13.2 Å². The summed E-state index contributed by atoms with van der Waals surface area (Å²) in [5, 5.41) is 0. The molecule has 2 aromatic heterocycles. The highest BCUT2D eigenvalue weighted by atomic mass is 32.2. The first-order valence-corrected chi connectivity index (χ1v) is 11.8. The van der Waals surface area contributed by atoms with Crippen LogP contribution in [0, 0.1) is 19.7 Å². The highest BCUT2D eigenvalue weighted by Crippen LogP contribution is 2.37.